The zero-order valence-electron chi connectivity index (χ0n) is 9.23. The van der Waals surface area contributed by atoms with Gasteiger partial charge in [-0.15, -0.1) is 0 Å². The van der Waals surface area contributed by atoms with Gasteiger partial charge in [-0.3, -0.25) is 4.79 Å². The summed E-state index contributed by atoms with van der Waals surface area (Å²) >= 11 is 0. The smallest absolute Gasteiger partial charge is 0.257 e. The Kier molecular flexibility index (Phi) is 2.81. The van der Waals surface area contributed by atoms with Gasteiger partial charge < -0.3 is 4.52 Å². The number of hydrogen-bond donors (Lipinski definition) is 0. The van der Waals surface area contributed by atoms with Crippen molar-refractivity contribution in [2.45, 2.75) is 20.3 Å². The first-order valence-corrected chi connectivity index (χ1v) is 5.14. The lowest BCUT2D eigenvalue weighted by molar-refractivity contribution is 0.0988. The molecule has 2 aromatic rings. The van der Waals surface area contributed by atoms with Gasteiger partial charge in [-0.2, -0.15) is 4.98 Å². The summed E-state index contributed by atoms with van der Waals surface area (Å²) in [6, 6.07) is 7.19. The van der Waals surface area contributed by atoms with E-state index in [2.05, 4.69) is 10.1 Å². The molecular formula is C12H12N2O2. The predicted molar refractivity (Wildman–Crippen MR) is 59.1 cm³/mol. The first kappa shape index (κ1) is 10.5. The van der Waals surface area contributed by atoms with Crippen LogP contribution in [-0.4, -0.2) is 15.9 Å². The van der Waals surface area contributed by atoms with E-state index < -0.39 is 0 Å². The number of aromatic nitrogens is 2. The Balaban J connectivity index is 2.29. The van der Waals surface area contributed by atoms with Crippen molar-refractivity contribution in [3.8, 4) is 11.5 Å². The summed E-state index contributed by atoms with van der Waals surface area (Å²) in [5.74, 6) is 1.21. The lowest BCUT2D eigenvalue weighted by Gasteiger charge is -1.98. The minimum absolute atomic E-state index is 0.133. The van der Waals surface area contributed by atoms with Crippen LogP contribution in [0, 0.1) is 6.92 Å². The average molecular weight is 216 g/mol. The van der Waals surface area contributed by atoms with Crippen LogP contribution in [0.5, 0.6) is 0 Å². The lowest BCUT2D eigenvalue weighted by atomic mass is 10.1. The van der Waals surface area contributed by atoms with Crippen molar-refractivity contribution in [1.29, 1.82) is 0 Å². The third-order valence-electron chi connectivity index (χ3n) is 2.30. The molecule has 0 unspecified atom stereocenters. The molecule has 0 aliphatic carbocycles. The van der Waals surface area contributed by atoms with Crippen LogP contribution in [0.15, 0.2) is 28.8 Å². The van der Waals surface area contributed by atoms with Crippen LogP contribution in [0.2, 0.25) is 0 Å². The third-order valence-corrected chi connectivity index (χ3v) is 2.30. The van der Waals surface area contributed by atoms with E-state index in [4.69, 9.17) is 4.52 Å². The fourth-order valence-electron chi connectivity index (χ4n) is 1.42. The number of hydrogen-bond acceptors (Lipinski definition) is 4. The van der Waals surface area contributed by atoms with Crippen LogP contribution in [-0.2, 0) is 0 Å². The highest BCUT2D eigenvalue weighted by molar-refractivity contribution is 5.96. The number of carbonyl (C=O) groups excluding carboxylic acids is 1. The minimum atomic E-state index is 0.133. The lowest BCUT2D eigenvalue weighted by Crippen LogP contribution is -1.95. The monoisotopic (exact) mass is 216 g/mol. The maximum Gasteiger partial charge on any atom is 0.257 e. The van der Waals surface area contributed by atoms with Gasteiger partial charge in [-0.1, -0.05) is 24.2 Å². The van der Waals surface area contributed by atoms with E-state index in [1.807, 2.05) is 19.1 Å². The van der Waals surface area contributed by atoms with Crippen molar-refractivity contribution in [3.63, 3.8) is 0 Å². The van der Waals surface area contributed by atoms with E-state index in [1.54, 1.807) is 19.1 Å². The maximum absolute atomic E-state index is 11.4. The zero-order chi connectivity index (χ0) is 11.5. The average Bonchev–Trinajstić information content (AvgIpc) is 2.75. The highest BCUT2D eigenvalue weighted by atomic mass is 16.5. The molecule has 0 atom stereocenters. The van der Waals surface area contributed by atoms with Crippen LogP contribution in [0.4, 0.5) is 0 Å². The molecule has 0 saturated heterocycles. The molecule has 0 radical (unpaired) electrons. The normalized spacial score (nSPS) is 10.4. The summed E-state index contributed by atoms with van der Waals surface area (Å²) in [5, 5.41) is 3.71. The van der Waals surface area contributed by atoms with Gasteiger partial charge in [0, 0.05) is 17.5 Å². The van der Waals surface area contributed by atoms with Crippen molar-refractivity contribution in [3.05, 3.63) is 35.7 Å². The van der Waals surface area contributed by atoms with E-state index in [0.717, 1.165) is 5.56 Å². The second-order valence-corrected chi connectivity index (χ2v) is 3.50. The molecule has 0 fully saturated rings. The molecule has 2 rings (SSSR count). The second-order valence-electron chi connectivity index (χ2n) is 3.50. The summed E-state index contributed by atoms with van der Waals surface area (Å²) in [6.45, 7) is 3.61. The molecule has 0 N–H and O–H groups in total. The van der Waals surface area contributed by atoms with Gasteiger partial charge >= 0.3 is 0 Å². The standard InChI is InChI=1S/C12H12N2O2/c1-3-11(15)9-4-6-10(7-5-9)12-13-8(2)14-16-12/h4-7H,3H2,1-2H3. The molecule has 1 heterocycles. The summed E-state index contributed by atoms with van der Waals surface area (Å²) in [7, 11) is 0. The molecule has 16 heavy (non-hydrogen) atoms. The Bertz CT molecular complexity index is 500. The number of ketones is 1. The summed E-state index contributed by atoms with van der Waals surface area (Å²) in [6.07, 6.45) is 0.513. The van der Waals surface area contributed by atoms with Gasteiger partial charge in [0.2, 0.25) is 0 Å². The molecule has 0 spiro atoms. The van der Waals surface area contributed by atoms with Crippen LogP contribution >= 0.6 is 0 Å². The van der Waals surface area contributed by atoms with Gasteiger partial charge in [0.05, 0.1) is 0 Å². The first-order chi connectivity index (χ1) is 7.70. The molecule has 0 bridgehead atoms. The Hall–Kier alpha value is -1.97. The van der Waals surface area contributed by atoms with Crippen LogP contribution < -0.4 is 0 Å². The van der Waals surface area contributed by atoms with Crippen molar-refractivity contribution in [1.82, 2.24) is 10.1 Å². The summed E-state index contributed by atoms with van der Waals surface area (Å²) < 4.78 is 5.03. The molecule has 82 valence electrons. The van der Waals surface area contributed by atoms with E-state index in [1.165, 1.54) is 0 Å². The zero-order valence-corrected chi connectivity index (χ0v) is 9.23. The van der Waals surface area contributed by atoms with E-state index in [9.17, 15) is 4.79 Å². The molecule has 0 aliphatic heterocycles. The molecule has 1 aromatic carbocycles. The fraction of sp³-hybridized carbons (Fsp3) is 0.250. The Morgan fingerprint density at radius 3 is 2.50 bits per heavy atom. The SMILES string of the molecule is CCC(=O)c1ccc(-c2nc(C)no2)cc1. The number of benzene rings is 1. The predicted octanol–water partition coefficient (Wildman–Crippen LogP) is 2.64. The van der Waals surface area contributed by atoms with E-state index >= 15 is 0 Å². The highest BCUT2D eigenvalue weighted by Gasteiger charge is 2.07. The Labute approximate surface area is 93.3 Å². The molecule has 4 heteroatoms. The largest absolute Gasteiger partial charge is 0.334 e. The highest BCUT2D eigenvalue weighted by Crippen LogP contribution is 2.18. The van der Waals surface area contributed by atoms with Crippen molar-refractivity contribution in [2.75, 3.05) is 0 Å². The van der Waals surface area contributed by atoms with Crippen LogP contribution in [0.1, 0.15) is 29.5 Å². The van der Waals surface area contributed by atoms with Gasteiger partial charge in [0.25, 0.3) is 5.89 Å². The number of aryl methyl sites for hydroxylation is 1. The quantitative estimate of drug-likeness (QED) is 0.740. The minimum Gasteiger partial charge on any atom is -0.334 e. The van der Waals surface area contributed by atoms with Gasteiger partial charge in [0.15, 0.2) is 11.6 Å². The third kappa shape index (κ3) is 2.00. The van der Waals surface area contributed by atoms with Crippen molar-refractivity contribution in [2.24, 2.45) is 0 Å². The van der Waals surface area contributed by atoms with E-state index in [-0.39, 0.29) is 5.78 Å². The molecule has 1 aromatic heterocycles. The fourth-order valence-corrected chi connectivity index (χ4v) is 1.42. The van der Waals surface area contributed by atoms with E-state index in [0.29, 0.717) is 23.7 Å². The number of Topliss-reactive ketones (excluding diaryl/α,β-unsaturated/α-hetero) is 1. The number of carbonyl (C=O) groups is 1. The summed E-state index contributed by atoms with van der Waals surface area (Å²) in [4.78, 5) is 15.5. The van der Waals surface area contributed by atoms with Crippen molar-refractivity contribution >= 4 is 5.78 Å². The van der Waals surface area contributed by atoms with Gasteiger partial charge in [-0.05, 0) is 19.1 Å². The molecule has 0 aliphatic rings. The Morgan fingerprint density at radius 2 is 2.00 bits per heavy atom. The van der Waals surface area contributed by atoms with Gasteiger partial charge in [0.1, 0.15) is 0 Å². The molecule has 4 nitrogen and oxygen atoms in total. The van der Waals surface area contributed by atoms with Crippen molar-refractivity contribution < 1.29 is 9.32 Å². The number of rotatable bonds is 3. The summed E-state index contributed by atoms with van der Waals surface area (Å²) in [5.41, 5.74) is 1.54. The second kappa shape index (κ2) is 4.26. The van der Waals surface area contributed by atoms with Gasteiger partial charge in [-0.25, -0.2) is 0 Å². The molecular weight excluding hydrogens is 204 g/mol. The first-order valence-electron chi connectivity index (χ1n) is 5.14. The number of nitrogens with zero attached hydrogens (tertiary/aromatic N) is 2. The topological polar surface area (TPSA) is 56.0 Å². The maximum atomic E-state index is 11.4. The van der Waals surface area contributed by atoms with Crippen LogP contribution in [0.25, 0.3) is 11.5 Å². The van der Waals surface area contributed by atoms with Crippen LogP contribution in [0.3, 0.4) is 0 Å². The Morgan fingerprint density at radius 1 is 1.31 bits per heavy atom. The molecule has 0 amide bonds. The molecule has 0 saturated carbocycles.